The molecular weight excluding hydrogens is 494 g/mol. The molecule has 3 aliphatic heterocycles. The smallest absolute Gasteiger partial charge is 0.387 e. The van der Waals surface area contributed by atoms with Crippen molar-refractivity contribution in [2.45, 2.75) is 44.6 Å². The van der Waals surface area contributed by atoms with Gasteiger partial charge in [0.05, 0.1) is 29.0 Å². The van der Waals surface area contributed by atoms with Crippen molar-refractivity contribution in [3.8, 4) is 17.6 Å². The molecule has 2 amide bonds. The maximum Gasteiger partial charge on any atom is 0.387 e. The number of alkyl halides is 2. The standard InChI is InChI=1S/C28H26F2N4O4/c1-28(2,37)26(36)33-13-16(14-33)8-7-15-9-10-18-19(11-15)34-20-12-21(24(34)31-18)32(3)25(35)17-5-4-6-22(23(17)20)38-27(29)30/h4-6,9-11,16,20-21,27,37H,12-14H2,1-3H3. The van der Waals surface area contributed by atoms with Gasteiger partial charge in [-0.1, -0.05) is 17.9 Å². The zero-order valence-corrected chi connectivity index (χ0v) is 21.1. The summed E-state index contributed by atoms with van der Waals surface area (Å²) < 4.78 is 33.4. The number of hydrogen-bond donors (Lipinski definition) is 1. The van der Waals surface area contributed by atoms with Gasteiger partial charge in [0.2, 0.25) is 0 Å². The number of nitrogens with zero attached hydrogens (tertiary/aromatic N) is 4. The maximum absolute atomic E-state index is 13.3. The molecule has 0 aliphatic carbocycles. The topological polar surface area (TPSA) is 87.9 Å². The van der Waals surface area contributed by atoms with Gasteiger partial charge in [-0.25, -0.2) is 4.98 Å². The zero-order valence-electron chi connectivity index (χ0n) is 21.1. The van der Waals surface area contributed by atoms with Crippen LogP contribution < -0.4 is 4.74 Å². The van der Waals surface area contributed by atoms with Gasteiger partial charge in [-0.2, -0.15) is 8.78 Å². The monoisotopic (exact) mass is 520 g/mol. The molecule has 8 nitrogen and oxygen atoms in total. The van der Waals surface area contributed by atoms with E-state index in [4.69, 9.17) is 9.72 Å². The molecule has 196 valence electrons. The first kappa shape index (κ1) is 24.4. The Labute approximate surface area is 217 Å². The third-order valence-electron chi connectivity index (χ3n) is 7.52. The molecule has 1 saturated heterocycles. The van der Waals surface area contributed by atoms with E-state index in [2.05, 4.69) is 11.8 Å². The van der Waals surface area contributed by atoms with Crippen LogP contribution in [-0.2, 0) is 4.79 Å². The number of likely N-dealkylation sites (tertiary alicyclic amines) is 1. The second-order valence-corrected chi connectivity index (χ2v) is 10.6. The van der Waals surface area contributed by atoms with Crippen LogP contribution in [0.5, 0.6) is 5.75 Å². The Morgan fingerprint density at radius 2 is 1.97 bits per heavy atom. The molecule has 3 aromatic rings. The number of carbonyl (C=O) groups is 2. The van der Waals surface area contributed by atoms with Crippen molar-refractivity contribution in [1.29, 1.82) is 0 Å². The van der Waals surface area contributed by atoms with E-state index in [1.807, 2.05) is 22.8 Å². The van der Waals surface area contributed by atoms with E-state index in [9.17, 15) is 23.5 Å². The number of hydrogen-bond acceptors (Lipinski definition) is 5. The Hall–Kier alpha value is -3.97. The summed E-state index contributed by atoms with van der Waals surface area (Å²) in [5.41, 5.74) is 1.66. The molecule has 3 aliphatic rings. The van der Waals surface area contributed by atoms with Crippen LogP contribution in [0, 0.1) is 17.8 Å². The van der Waals surface area contributed by atoms with Crippen molar-refractivity contribution < 1.29 is 28.2 Å². The fraction of sp³-hybridized carbons (Fsp3) is 0.393. The molecule has 1 aromatic heterocycles. The number of aliphatic hydroxyl groups is 1. The Balaban J connectivity index is 1.36. The molecule has 1 N–H and O–H groups in total. The van der Waals surface area contributed by atoms with Crippen LogP contribution in [-0.4, -0.2) is 68.6 Å². The van der Waals surface area contributed by atoms with Crippen molar-refractivity contribution >= 4 is 22.8 Å². The summed E-state index contributed by atoms with van der Waals surface area (Å²) in [6.45, 7) is 0.858. The predicted molar refractivity (Wildman–Crippen MR) is 134 cm³/mol. The highest BCUT2D eigenvalue weighted by Crippen LogP contribution is 2.50. The molecule has 6 rings (SSSR count). The van der Waals surface area contributed by atoms with Crippen molar-refractivity contribution in [3.63, 3.8) is 0 Å². The number of halogens is 2. The van der Waals surface area contributed by atoms with E-state index in [1.165, 1.54) is 19.9 Å². The highest BCUT2D eigenvalue weighted by molar-refractivity contribution is 5.98. The molecule has 2 bridgehead atoms. The Kier molecular flexibility index (Phi) is 5.47. The van der Waals surface area contributed by atoms with Crippen LogP contribution in [0.1, 0.15) is 59.7 Å². The van der Waals surface area contributed by atoms with Gasteiger partial charge in [0.25, 0.3) is 11.8 Å². The highest BCUT2D eigenvalue weighted by atomic mass is 19.3. The van der Waals surface area contributed by atoms with Crippen molar-refractivity contribution in [2.75, 3.05) is 20.1 Å². The van der Waals surface area contributed by atoms with Gasteiger partial charge in [0, 0.05) is 43.2 Å². The summed E-state index contributed by atoms with van der Waals surface area (Å²) in [6, 6.07) is 9.61. The van der Waals surface area contributed by atoms with Crippen molar-refractivity contribution in [2.24, 2.45) is 5.92 Å². The van der Waals surface area contributed by atoms with Gasteiger partial charge >= 0.3 is 6.61 Å². The van der Waals surface area contributed by atoms with Gasteiger partial charge in [0.1, 0.15) is 17.2 Å². The number of ether oxygens (including phenoxy) is 1. The maximum atomic E-state index is 13.3. The largest absolute Gasteiger partial charge is 0.434 e. The van der Waals surface area contributed by atoms with E-state index in [0.717, 1.165) is 16.6 Å². The lowest BCUT2D eigenvalue weighted by Crippen LogP contribution is -2.55. The van der Waals surface area contributed by atoms with Crippen LogP contribution in [0.4, 0.5) is 8.78 Å². The first-order chi connectivity index (χ1) is 18.0. The fourth-order valence-corrected chi connectivity index (χ4v) is 5.67. The molecule has 2 atom stereocenters. The number of benzene rings is 2. The number of fused-ring (bicyclic) bond motifs is 9. The second kappa shape index (κ2) is 8.53. The molecule has 2 unspecified atom stereocenters. The van der Waals surface area contributed by atoms with E-state index >= 15 is 0 Å². The second-order valence-electron chi connectivity index (χ2n) is 10.6. The fourth-order valence-electron chi connectivity index (χ4n) is 5.67. The average Bonchev–Trinajstić information content (AvgIpc) is 3.35. The van der Waals surface area contributed by atoms with Crippen LogP contribution in [0.2, 0.25) is 0 Å². The molecule has 0 radical (unpaired) electrons. The number of aromatic nitrogens is 2. The van der Waals surface area contributed by atoms with Crippen LogP contribution in [0.25, 0.3) is 11.0 Å². The summed E-state index contributed by atoms with van der Waals surface area (Å²) in [7, 11) is 1.70. The Bertz CT molecular complexity index is 1540. The normalized spacial score (nSPS) is 20.6. The average molecular weight is 521 g/mol. The van der Waals surface area contributed by atoms with Crippen molar-refractivity contribution in [3.05, 3.63) is 58.9 Å². The summed E-state index contributed by atoms with van der Waals surface area (Å²) in [5, 5.41) is 9.91. The first-order valence-electron chi connectivity index (χ1n) is 12.4. The van der Waals surface area contributed by atoms with E-state index < -0.39 is 18.3 Å². The lowest BCUT2D eigenvalue weighted by molar-refractivity contribution is -0.153. The highest BCUT2D eigenvalue weighted by Gasteiger charge is 2.45. The third-order valence-corrected chi connectivity index (χ3v) is 7.52. The summed E-state index contributed by atoms with van der Waals surface area (Å²) in [5.74, 6) is 6.52. The minimum atomic E-state index is -3.02. The van der Waals surface area contributed by atoms with Gasteiger partial charge < -0.3 is 24.2 Å². The minimum Gasteiger partial charge on any atom is -0.434 e. The Morgan fingerprint density at radius 3 is 2.68 bits per heavy atom. The van der Waals surface area contributed by atoms with Crippen LogP contribution >= 0.6 is 0 Å². The number of carbonyl (C=O) groups excluding carboxylic acids is 2. The van der Waals surface area contributed by atoms with Gasteiger partial charge in [-0.15, -0.1) is 0 Å². The SMILES string of the molecule is CN1C(=O)c2cccc(OC(F)F)c2C2CC1c1nc3ccc(C#CC4CN(C(=O)C(C)(C)O)C4)cc3n12. The van der Waals surface area contributed by atoms with Crippen molar-refractivity contribution in [1.82, 2.24) is 19.4 Å². The number of imidazole rings is 1. The molecular formula is C28H26F2N4O4. The molecule has 10 heteroatoms. The van der Waals surface area contributed by atoms with E-state index in [1.54, 1.807) is 29.0 Å². The Morgan fingerprint density at radius 1 is 1.21 bits per heavy atom. The quantitative estimate of drug-likeness (QED) is 0.536. The lowest BCUT2D eigenvalue weighted by Gasteiger charge is -2.39. The van der Waals surface area contributed by atoms with Gasteiger partial charge in [-0.3, -0.25) is 9.59 Å². The molecule has 1 fully saturated rings. The van der Waals surface area contributed by atoms with Crippen LogP contribution in [0.3, 0.4) is 0 Å². The van der Waals surface area contributed by atoms with E-state index in [0.29, 0.717) is 36.5 Å². The first-order valence-corrected chi connectivity index (χ1v) is 12.4. The molecule has 4 heterocycles. The van der Waals surface area contributed by atoms with Gasteiger partial charge in [-0.05, 0) is 44.2 Å². The predicted octanol–water partition coefficient (Wildman–Crippen LogP) is 3.34. The molecule has 38 heavy (non-hydrogen) atoms. The summed E-state index contributed by atoms with van der Waals surface area (Å²) in [4.78, 5) is 33.4. The van der Waals surface area contributed by atoms with Crippen LogP contribution in [0.15, 0.2) is 36.4 Å². The number of rotatable bonds is 3. The zero-order chi connectivity index (χ0) is 26.9. The molecule has 0 spiro atoms. The molecule has 0 saturated carbocycles. The molecule has 2 aromatic carbocycles. The van der Waals surface area contributed by atoms with E-state index in [-0.39, 0.29) is 29.5 Å². The summed E-state index contributed by atoms with van der Waals surface area (Å²) >= 11 is 0. The summed E-state index contributed by atoms with van der Waals surface area (Å²) in [6.07, 6.45) is 0.500. The third kappa shape index (κ3) is 3.80. The van der Waals surface area contributed by atoms with Gasteiger partial charge in [0.15, 0.2) is 0 Å². The number of amides is 2. The lowest BCUT2D eigenvalue weighted by atomic mass is 9.96. The minimum absolute atomic E-state index is 0.00862.